The highest BCUT2D eigenvalue weighted by Crippen LogP contribution is 2.23. The molecule has 0 fully saturated rings. The largest absolute Gasteiger partial charge is 0.338 e. The lowest BCUT2D eigenvalue weighted by Gasteiger charge is -2.12. The summed E-state index contributed by atoms with van der Waals surface area (Å²) in [5.41, 5.74) is 0.904. The number of anilines is 1. The standard InChI is InChI=1S/C17H18N4O3/c1-17(2,3)13-8-15(24-20-13)19-14(22)9-21-10-18-12-7-5-4-6-11(12)16(21)23/h4-8,10H,9H2,1-3H3,(H,19,22). The van der Waals surface area contributed by atoms with Gasteiger partial charge in [0.1, 0.15) is 6.54 Å². The van der Waals surface area contributed by atoms with Gasteiger partial charge in [-0.05, 0) is 12.1 Å². The molecule has 3 rings (SSSR count). The number of fused-ring (bicyclic) bond motifs is 1. The molecule has 0 aliphatic rings. The first-order valence-electron chi connectivity index (χ1n) is 7.56. The Morgan fingerprint density at radius 3 is 2.75 bits per heavy atom. The minimum atomic E-state index is -0.384. The van der Waals surface area contributed by atoms with Gasteiger partial charge in [-0.1, -0.05) is 38.1 Å². The molecular formula is C17H18N4O3. The van der Waals surface area contributed by atoms with E-state index in [1.807, 2.05) is 26.8 Å². The van der Waals surface area contributed by atoms with E-state index in [9.17, 15) is 9.59 Å². The van der Waals surface area contributed by atoms with E-state index >= 15 is 0 Å². The van der Waals surface area contributed by atoms with Crippen molar-refractivity contribution in [1.29, 1.82) is 0 Å². The van der Waals surface area contributed by atoms with Crippen molar-refractivity contribution < 1.29 is 9.32 Å². The molecule has 0 radical (unpaired) electrons. The molecule has 7 nitrogen and oxygen atoms in total. The molecule has 2 aromatic heterocycles. The molecule has 0 saturated heterocycles. The van der Waals surface area contributed by atoms with Crippen molar-refractivity contribution in [2.75, 3.05) is 5.32 Å². The topological polar surface area (TPSA) is 90.0 Å². The van der Waals surface area contributed by atoms with Crippen LogP contribution in [0.2, 0.25) is 0 Å². The molecule has 3 aromatic rings. The second kappa shape index (κ2) is 5.92. The predicted molar refractivity (Wildman–Crippen MR) is 89.8 cm³/mol. The Bertz CT molecular complexity index is 950. The van der Waals surface area contributed by atoms with E-state index in [0.29, 0.717) is 10.9 Å². The number of para-hydroxylation sites is 1. The van der Waals surface area contributed by atoms with Gasteiger partial charge in [0.2, 0.25) is 11.8 Å². The predicted octanol–water partition coefficient (Wildman–Crippen LogP) is 2.32. The summed E-state index contributed by atoms with van der Waals surface area (Å²) in [7, 11) is 0. The molecule has 0 atom stereocenters. The minimum Gasteiger partial charge on any atom is -0.338 e. The number of nitrogens with one attached hydrogen (secondary N) is 1. The van der Waals surface area contributed by atoms with Crippen LogP contribution < -0.4 is 10.9 Å². The maximum atomic E-state index is 12.4. The molecule has 1 amide bonds. The summed E-state index contributed by atoms with van der Waals surface area (Å²) in [6.07, 6.45) is 1.37. The average molecular weight is 326 g/mol. The van der Waals surface area contributed by atoms with Gasteiger partial charge in [-0.2, -0.15) is 0 Å². The van der Waals surface area contributed by atoms with Crippen molar-refractivity contribution in [3.8, 4) is 0 Å². The van der Waals surface area contributed by atoms with Crippen molar-refractivity contribution in [1.82, 2.24) is 14.7 Å². The highest BCUT2D eigenvalue weighted by atomic mass is 16.5. The summed E-state index contributed by atoms with van der Waals surface area (Å²) in [6, 6.07) is 8.69. The second-order valence-electron chi connectivity index (χ2n) is 6.57. The normalized spacial score (nSPS) is 11.6. The first-order chi connectivity index (χ1) is 11.3. The fourth-order valence-corrected chi connectivity index (χ4v) is 2.24. The molecule has 0 aliphatic carbocycles. The number of benzene rings is 1. The summed E-state index contributed by atoms with van der Waals surface area (Å²) in [4.78, 5) is 28.7. The zero-order chi connectivity index (χ0) is 17.3. The highest BCUT2D eigenvalue weighted by molar-refractivity contribution is 5.89. The molecule has 0 saturated carbocycles. The van der Waals surface area contributed by atoms with Crippen LogP contribution in [0.15, 0.2) is 46.0 Å². The number of rotatable bonds is 3. The van der Waals surface area contributed by atoms with Crippen LogP contribution in [0, 0.1) is 0 Å². The second-order valence-corrected chi connectivity index (χ2v) is 6.57. The van der Waals surface area contributed by atoms with Gasteiger partial charge in [0.05, 0.1) is 22.9 Å². The Morgan fingerprint density at radius 2 is 2.04 bits per heavy atom. The number of amides is 1. The van der Waals surface area contributed by atoms with E-state index in [2.05, 4.69) is 15.5 Å². The van der Waals surface area contributed by atoms with Gasteiger partial charge in [0.15, 0.2) is 0 Å². The molecular weight excluding hydrogens is 308 g/mol. The van der Waals surface area contributed by atoms with Crippen molar-refractivity contribution in [3.63, 3.8) is 0 Å². The third kappa shape index (κ3) is 3.19. The number of carbonyl (C=O) groups excluding carboxylic acids is 1. The molecule has 7 heteroatoms. The van der Waals surface area contributed by atoms with Crippen molar-refractivity contribution >= 4 is 22.7 Å². The number of aromatic nitrogens is 3. The fourth-order valence-electron chi connectivity index (χ4n) is 2.24. The average Bonchev–Trinajstić information content (AvgIpc) is 2.99. The van der Waals surface area contributed by atoms with Gasteiger partial charge in [0.25, 0.3) is 5.56 Å². The monoisotopic (exact) mass is 326 g/mol. The Hall–Kier alpha value is -2.96. The summed E-state index contributed by atoms with van der Waals surface area (Å²) in [5, 5.41) is 7.01. The molecule has 0 unspecified atom stereocenters. The lowest BCUT2D eigenvalue weighted by Crippen LogP contribution is -2.27. The van der Waals surface area contributed by atoms with E-state index in [0.717, 1.165) is 5.69 Å². The van der Waals surface area contributed by atoms with Crippen LogP contribution in [0.4, 0.5) is 5.88 Å². The lowest BCUT2D eigenvalue weighted by atomic mass is 9.92. The van der Waals surface area contributed by atoms with E-state index in [1.165, 1.54) is 10.9 Å². The van der Waals surface area contributed by atoms with Crippen LogP contribution in [0.3, 0.4) is 0 Å². The summed E-state index contributed by atoms with van der Waals surface area (Å²) in [5.74, 6) is -0.127. The molecule has 1 aromatic carbocycles. The van der Waals surface area contributed by atoms with Crippen molar-refractivity contribution in [2.24, 2.45) is 0 Å². The van der Waals surface area contributed by atoms with Crippen LogP contribution >= 0.6 is 0 Å². The van der Waals surface area contributed by atoms with Gasteiger partial charge in [-0.25, -0.2) is 4.98 Å². The summed E-state index contributed by atoms with van der Waals surface area (Å²) < 4.78 is 6.38. The van der Waals surface area contributed by atoms with Gasteiger partial charge in [-0.3, -0.25) is 19.5 Å². The van der Waals surface area contributed by atoms with Crippen LogP contribution in [0.5, 0.6) is 0 Å². The minimum absolute atomic E-state index is 0.151. The molecule has 24 heavy (non-hydrogen) atoms. The van der Waals surface area contributed by atoms with Crippen LogP contribution in [-0.4, -0.2) is 20.6 Å². The van der Waals surface area contributed by atoms with Crippen LogP contribution in [-0.2, 0) is 16.8 Å². The summed E-state index contributed by atoms with van der Waals surface area (Å²) >= 11 is 0. The van der Waals surface area contributed by atoms with Gasteiger partial charge >= 0.3 is 0 Å². The van der Waals surface area contributed by atoms with E-state index in [-0.39, 0.29) is 29.3 Å². The first-order valence-corrected chi connectivity index (χ1v) is 7.56. The quantitative estimate of drug-likeness (QED) is 0.798. The first kappa shape index (κ1) is 15.9. The smallest absolute Gasteiger partial charge is 0.261 e. The maximum absolute atomic E-state index is 12.4. The maximum Gasteiger partial charge on any atom is 0.261 e. The zero-order valence-electron chi connectivity index (χ0n) is 13.7. The summed E-state index contributed by atoms with van der Waals surface area (Å²) in [6.45, 7) is 5.84. The van der Waals surface area contributed by atoms with Crippen molar-refractivity contribution in [3.05, 3.63) is 52.7 Å². The molecule has 0 spiro atoms. The molecule has 124 valence electrons. The number of hydrogen-bond donors (Lipinski definition) is 1. The van der Waals surface area contributed by atoms with Gasteiger partial charge < -0.3 is 4.52 Å². The molecule has 0 aliphatic heterocycles. The number of nitrogens with zero attached hydrogens (tertiary/aromatic N) is 3. The third-order valence-electron chi connectivity index (χ3n) is 3.59. The highest BCUT2D eigenvalue weighted by Gasteiger charge is 2.19. The SMILES string of the molecule is CC(C)(C)c1cc(NC(=O)Cn2cnc3ccccc3c2=O)on1. The van der Waals surface area contributed by atoms with Crippen molar-refractivity contribution in [2.45, 2.75) is 32.7 Å². The fraction of sp³-hybridized carbons (Fsp3) is 0.294. The van der Waals surface area contributed by atoms with Crippen LogP contribution in [0.25, 0.3) is 10.9 Å². The molecule has 0 bridgehead atoms. The Morgan fingerprint density at radius 1 is 1.29 bits per heavy atom. The van der Waals surface area contributed by atoms with Gasteiger partial charge in [0, 0.05) is 11.5 Å². The van der Waals surface area contributed by atoms with Gasteiger partial charge in [-0.15, -0.1) is 0 Å². The van der Waals surface area contributed by atoms with Crippen LogP contribution in [0.1, 0.15) is 26.5 Å². The van der Waals surface area contributed by atoms with E-state index < -0.39 is 0 Å². The number of hydrogen-bond acceptors (Lipinski definition) is 5. The number of carbonyl (C=O) groups is 1. The molecule has 2 heterocycles. The zero-order valence-corrected chi connectivity index (χ0v) is 13.7. The van der Waals surface area contributed by atoms with E-state index in [4.69, 9.17) is 4.52 Å². The molecule has 1 N–H and O–H groups in total. The van der Waals surface area contributed by atoms with E-state index in [1.54, 1.807) is 24.3 Å². The Balaban J connectivity index is 1.77. The lowest BCUT2D eigenvalue weighted by molar-refractivity contribution is -0.116. The Labute approximate surface area is 138 Å². The Kier molecular flexibility index (Phi) is 3.92. The third-order valence-corrected chi connectivity index (χ3v) is 3.59.